The van der Waals surface area contributed by atoms with E-state index >= 15 is 0 Å². The van der Waals surface area contributed by atoms with E-state index in [1.165, 1.54) is 0 Å². The van der Waals surface area contributed by atoms with Gasteiger partial charge in [0.1, 0.15) is 0 Å². The molecule has 6 heteroatoms. The number of nitrogens with one attached hydrogen (secondary N) is 1. The van der Waals surface area contributed by atoms with Crippen molar-refractivity contribution in [2.75, 3.05) is 6.54 Å². The second-order valence-electron chi connectivity index (χ2n) is 4.17. The van der Waals surface area contributed by atoms with E-state index in [0.29, 0.717) is 17.1 Å². The average molecular weight is 389 g/mol. The Morgan fingerprint density at radius 3 is 2.59 bits per heavy atom. The highest BCUT2D eigenvalue weighted by atomic mass is 127. The molecule has 1 rings (SSSR count). The molecule has 0 aliphatic heterocycles. The molecular weight excluding hydrogens is 374 g/mol. The first-order valence-corrected chi connectivity index (χ1v) is 6.29. The third-order valence-electron chi connectivity index (χ3n) is 2.14. The van der Waals surface area contributed by atoms with Crippen LogP contribution in [0.4, 0.5) is 0 Å². The summed E-state index contributed by atoms with van der Waals surface area (Å²) in [6.45, 7) is 4.15. The molecule has 1 aromatic carbocycles. The molecule has 0 aliphatic rings. The Morgan fingerprint density at radius 2 is 2.12 bits per heavy atom. The van der Waals surface area contributed by atoms with Crippen LogP contribution in [0.15, 0.2) is 18.2 Å². The Morgan fingerprint density at radius 1 is 1.53 bits per heavy atom. The van der Waals surface area contributed by atoms with Crippen molar-refractivity contribution in [1.29, 1.82) is 0 Å². The van der Waals surface area contributed by atoms with Crippen molar-refractivity contribution in [2.24, 2.45) is 5.73 Å². The lowest BCUT2D eigenvalue weighted by molar-refractivity contribution is 0.0915. The van der Waals surface area contributed by atoms with Crippen LogP contribution in [0.25, 0.3) is 0 Å². The fraction of sp³-hybridized carbons (Fsp3) is 0.364. The van der Waals surface area contributed by atoms with E-state index in [1.54, 1.807) is 18.2 Å². The maximum Gasteiger partial charge on any atom is 0.251 e. The lowest BCUT2D eigenvalue weighted by Crippen LogP contribution is -2.48. The number of nitrogens with two attached hydrogens (primary N) is 1. The number of rotatable bonds is 3. The van der Waals surface area contributed by atoms with Gasteiger partial charge in [0.25, 0.3) is 5.91 Å². The maximum absolute atomic E-state index is 11.9. The van der Waals surface area contributed by atoms with Crippen molar-refractivity contribution in [2.45, 2.75) is 19.4 Å². The van der Waals surface area contributed by atoms with Crippen LogP contribution < -0.4 is 11.1 Å². The summed E-state index contributed by atoms with van der Waals surface area (Å²) < 4.78 is 0.859. The van der Waals surface area contributed by atoms with Crippen LogP contribution in [-0.4, -0.2) is 18.0 Å². The Labute approximate surface area is 126 Å². The van der Waals surface area contributed by atoms with Crippen LogP contribution in [0.2, 0.25) is 5.02 Å². The van der Waals surface area contributed by atoms with E-state index in [4.69, 9.17) is 17.3 Å². The van der Waals surface area contributed by atoms with Gasteiger partial charge in [0.15, 0.2) is 0 Å². The SMILES string of the molecule is CC(C)(CN)NC(=O)c1ccc(Cl)c(I)c1.Cl. The van der Waals surface area contributed by atoms with Crippen LogP contribution in [-0.2, 0) is 0 Å². The van der Waals surface area contributed by atoms with Crippen molar-refractivity contribution in [3.63, 3.8) is 0 Å². The second kappa shape index (κ2) is 6.78. The highest BCUT2D eigenvalue weighted by Crippen LogP contribution is 2.19. The molecule has 0 saturated heterocycles. The third-order valence-corrected chi connectivity index (χ3v) is 3.68. The molecule has 0 unspecified atom stereocenters. The zero-order valence-electron chi connectivity index (χ0n) is 9.59. The summed E-state index contributed by atoms with van der Waals surface area (Å²) in [6, 6.07) is 5.17. The average Bonchev–Trinajstić information content (AvgIpc) is 2.21. The van der Waals surface area contributed by atoms with Crippen LogP contribution in [0.3, 0.4) is 0 Å². The summed E-state index contributed by atoms with van der Waals surface area (Å²) in [5.74, 6) is -0.134. The van der Waals surface area contributed by atoms with Crippen LogP contribution in [0.5, 0.6) is 0 Å². The van der Waals surface area contributed by atoms with E-state index in [9.17, 15) is 4.79 Å². The smallest absolute Gasteiger partial charge is 0.251 e. The van der Waals surface area contributed by atoms with Crippen molar-refractivity contribution in [3.05, 3.63) is 32.4 Å². The van der Waals surface area contributed by atoms with Crippen molar-refractivity contribution in [1.82, 2.24) is 5.32 Å². The number of carbonyl (C=O) groups is 1. The summed E-state index contributed by atoms with van der Waals surface area (Å²) in [4.78, 5) is 11.9. The van der Waals surface area contributed by atoms with Gasteiger partial charge >= 0.3 is 0 Å². The quantitative estimate of drug-likeness (QED) is 0.782. The lowest BCUT2D eigenvalue weighted by atomic mass is 10.1. The number of hydrogen-bond donors (Lipinski definition) is 2. The molecule has 96 valence electrons. The van der Waals surface area contributed by atoms with Crippen molar-refractivity contribution >= 4 is 52.5 Å². The standard InChI is InChI=1S/C11H14ClIN2O.ClH/c1-11(2,6-14)15-10(16)7-3-4-8(12)9(13)5-7;/h3-5H,6,14H2,1-2H3,(H,15,16);1H. The van der Waals surface area contributed by atoms with Gasteiger partial charge in [-0.1, -0.05) is 11.6 Å². The highest BCUT2D eigenvalue weighted by molar-refractivity contribution is 14.1. The van der Waals surface area contributed by atoms with Gasteiger partial charge in [-0.3, -0.25) is 4.79 Å². The van der Waals surface area contributed by atoms with E-state index in [-0.39, 0.29) is 18.3 Å². The minimum Gasteiger partial charge on any atom is -0.346 e. The number of halogens is 3. The van der Waals surface area contributed by atoms with Gasteiger partial charge in [0.2, 0.25) is 0 Å². The monoisotopic (exact) mass is 388 g/mol. The first-order chi connectivity index (χ1) is 7.35. The number of amides is 1. The molecule has 0 aliphatic carbocycles. The van der Waals surface area contributed by atoms with Crippen LogP contribution in [0.1, 0.15) is 24.2 Å². The lowest BCUT2D eigenvalue weighted by Gasteiger charge is -2.24. The Kier molecular flexibility index (Phi) is 6.76. The van der Waals surface area contributed by atoms with E-state index in [2.05, 4.69) is 27.9 Å². The summed E-state index contributed by atoms with van der Waals surface area (Å²) in [5.41, 5.74) is 5.74. The predicted molar refractivity (Wildman–Crippen MR) is 82.0 cm³/mol. The molecule has 1 aromatic rings. The molecular formula is C11H15Cl2IN2O. The van der Waals surface area contributed by atoms with Crippen molar-refractivity contribution < 1.29 is 4.79 Å². The zero-order chi connectivity index (χ0) is 12.3. The second-order valence-corrected chi connectivity index (χ2v) is 5.74. The van der Waals surface area contributed by atoms with Gasteiger partial charge in [-0.2, -0.15) is 0 Å². The van der Waals surface area contributed by atoms with Gasteiger partial charge in [-0.05, 0) is 54.6 Å². The Bertz CT molecular complexity index is 410. The Balaban J connectivity index is 0.00000256. The summed E-state index contributed by atoms with van der Waals surface area (Å²) in [6.07, 6.45) is 0. The number of benzene rings is 1. The highest BCUT2D eigenvalue weighted by Gasteiger charge is 2.19. The molecule has 17 heavy (non-hydrogen) atoms. The van der Waals surface area contributed by atoms with E-state index < -0.39 is 5.54 Å². The zero-order valence-corrected chi connectivity index (χ0v) is 13.3. The molecule has 0 atom stereocenters. The predicted octanol–water partition coefficient (Wildman–Crippen LogP) is 2.83. The molecule has 3 N–H and O–H groups in total. The normalized spacial score (nSPS) is 10.6. The summed E-state index contributed by atoms with van der Waals surface area (Å²) in [5, 5.41) is 3.51. The van der Waals surface area contributed by atoms with E-state index in [0.717, 1.165) is 3.57 Å². The van der Waals surface area contributed by atoms with Crippen LogP contribution in [0, 0.1) is 3.57 Å². The van der Waals surface area contributed by atoms with E-state index in [1.807, 2.05) is 13.8 Å². The topological polar surface area (TPSA) is 55.1 Å². The third kappa shape index (κ3) is 4.99. The number of hydrogen-bond acceptors (Lipinski definition) is 2. The molecule has 0 fully saturated rings. The molecule has 0 saturated carbocycles. The van der Waals surface area contributed by atoms with Gasteiger partial charge in [0.05, 0.1) is 5.02 Å². The molecule has 0 spiro atoms. The molecule has 0 radical (unpaired) electrons. The Hall–Kier alpha value is -0.0400. The van der Waals surface area contributed by atoms with Gasteiger partial charge < -0.3 is 11.1 Å². The van der Waals surface area contributed by atoms with Crippen molar-refractivity contribution in [3.8, 4) is 0 Å². The number of carbonyl (C=O) groups excluding carboxylic acids is 1. The molecule has 0 bridgehead atoms. The van der Waals surface area contributed by atoms with Gasteiger partial charge in [-0.25, -0.2) is 0 Å². The molecule has 1 amide bonds. The largest absolute Gasteiger partial charge is 0.346 e. The fourth-order valence-corrected chi connectivity index (χ4v) is 1.70. The first kappa shape index (κ1) is 17.0. The molecule has 3 nitrogen and oxygen atoms in total. The fourth-order valence-electron chi connectivity index (χ4n) is 1.07. The van der Waals surface area contributed by atoms with Gasteiger partial charge in [-0.15, -0.1) is 12.4 Å². The summed E-state index contributed by atoms with van der Waals surface area (Å²) in [7, 11) is 0. The summed E-state index contributed by atoms with van der Waals surface area (Å²) >= 11 is 7.98. The van der Waals surface area contributed by atoms with Gasteiger partial charge in [0, 0.05) is 21.2 Å². The maximum atomic E-state index is 11.9. The molecule has 0 aromatic heterocycles. The minimum atomic E-state index is -0.401. The molecule has 0 heterocycles. The minimum absolute atomic E-state index is 0. The first-order valence-electron chi connectivity index (χ1n) is 4.83. The van der Waals surface area contributed by atoms with Crippen LogP contribution >= 0.6 is 46.6 Å².